The standard InChI is InChI=1S/C23H18ClF3N4O4/c1-4-34-18(32)11-17-21-29-30-22(23(25,26)27)31(21)15-9-8-12(28-2)10-14(15)20(35-17)13-6-5-7-16(33-3)19(13)24/h5-10,17,20H,4,11H2,1,3H3/t17-,20-/m1/s1. The number of alkyl halides is 3. The van der Waals surface area contributed by atoms with Gasteiger partial charge in [-0.3, -0.25) is 9.36 Å². The molecule has 8 nitrogen and oxygen atoms in total. The summed E-state index contributed by atoms with van der Waals surface area (Å²) < 4.78 is 59.1. The topological polar surface area (TPSA) is 79.8 Å². The minimum absolute atomic E-state index is 0.0416. The molecule has 2 heterocycles. The van der Waals surface area contributed by atoms with Gasteiger partial charge in [-0.15, -0.1) is 10.2 Å². The zero-order chi connectivity index (χ0) is 25.3. The molecule has 0 radical (unpaired) electrons. The number of hydrogen-bond donors (Lipinski definition) is 0. The van der Waals surface area contributed by atoms with Crippen molar-refractivity contribution in [2.24, 2.45) is 0 Å². The molecule has 0 aliphatic carbocycles. The van der Waals surface area contributed by atoms with Crippen molar-refractivity contribution < 1.29 is 32.2 Å². The Morgan fingerprint density at radius 1 is 1.26 bits per heavy atom. The molecule has 0 unspecified atom stereocenters. The highest BCUT2D eigenvalue weighted by molar-refractivity contribution is 6.32. The largest absolute Gasteiger partial charge is 0.495 e. The van der Waals surface area contributed by atoms with Crippen LogP contribution in [0.15, 0.2) is 36.4 Å². The number of fused-ring (bicyclic) bond motifs is 3. The zero-order valence-electron chi connectivity index (χ0n) is 18.5. The number of aromatic nitrogens is 3. The van der Waals surface area contributed by atoms with Gasteiger partial charge in [0.1, 0.15) is 18.0 Å². The minimum Gasteiger partial charge on any atom is -0.495 e. The van der Waals surface area contributed by atoms with Crippen molar-refractivity contribution in [3.63, 3.8) is 0 Å². The predicted octanol–water partition coefficient (Wildman–Crippen LogP) is 5.61. The molecular weight excluding hydrogens is 489 g/mol. The number of carbonyl (C=O) groups is 1. The number of rotatable bonds is 5. The van der Waals surface area contributed by atoms with E-state index >= 15 is 0 Å². The van der Waals surface area contributed by atoms with Gasteiger partial charge >= 0.3 is 12.1 Å². The average molecular weight is 507 g/mol. The number of hydrogen-bond acceptors (Lipinski definition) is 6. The van der Waals surface area contributed by atoms with E-state index in [0.29, 0.717) is 11.3 Å². The molecule has 1 aliphatic rings. The third-order valence-corrected chi connectivity index (χ3v) is 5.75. The summed E-state index contributed by atoms with van der Waals surface area (Å²) in [5.74, 6) is -1.90. The highest BCUT2D eigenvalue weighted by Gasteiger charge is 2.43. The molecule has 1 aliphatic heterocycles. The van der Waals surface area contributed by atoms with Gasteiger partial charge in [-0.1, -0.05) is 29.8 Å². The van der Waals surface area contributed by atoms with Crippen molar-refractivity contribution in [1.82, 2.24) is 14.8 Å². The van der Waals surface area contributed by atoms with Crippen molar-refractivity contribution in [1.29, 1.82) is 0 Å². The minimum atomic E-state index is -4.86. The summed E-state index contributed by atoms with van der Waals surface area (Å²) in [4.78, 5) is 15.8. The Morgan fingerprint density at radius 3 is 2.69 bits per heavy atom. The molecule has 0 bridgehead atoms. The summed E-state index contributed by atoms with van der Waals surface area (Å²) in [6.07, 6.45) is -7.63. The lowest BCUT2D eigenvalue weighted by Gasteiger charge is -2.24. The van der Waals surface area contributed by atoms with Crippen LogP contribution >= 0.6 is 11.6 Å². The van der Waals surface area contributed by atoms with E-state index in [1.807, 2.05) is 0 Å². The molecule has 0 spiro atoms. The summed E-state index contributed by atoms with van der Waals surface area (Å²) in [6.45, 7) is 9.08. The molecule has 1 aromatic heterocycles. The number of ether oxygens (including phenoxy) is 3. The monoisotopic (exact) mass is 506 g/mol. The highest BCUT2D eigenvalue weighted by atomic mass is 35.5. The molecule has 0 fully saturated rings. The molecule has 182 valence electrons. The molecule has 0 amide bonds. The van der Waals surface area contributed by atoms with Crippen molar-refractivity contribution in [2.45, 2.75) is 31.7 Å². The van der Waals surface area contributed by atoms with E-state index in [0.717, 1.165) is 4.57 Å². The average Bonchev–Trinajstić information content (AvgIpc) is 3.23. The van der Waals surface area contributed by atoms with E-state index in [-0.39, 0.29) is 34.4 Å². The number of halogens is 4. The van der Waals surface area contributed by atoms with Gasteiger partial charge in [-0.05, 0) is 30.7 Å². The molecule has 12 heteroatoms. The van der Waals surface area contributed by atoms with Crippen molar-refractivity contribution in [2.75, 3.05) is 13.7 Å². The molecule has 0 saturated carbocycles. The number of benzene rings is 2. The first-order valence-electron chi connectivity index (χ1n) is 10.4. The van der Waals surface area contributed by atoms with Gasteiger partial charge in [0.2, 0.25) is 5.82 Å². The van der Waals surface area contributed by atoms with E-state index in [1.54, 1.807) is 25.1 Å². The van der Waals surface area contributed by atoms with E-state index in [2.05, 4.69) is 15.0 Å². The Hall–Kier alpha value is -3.62. The second-order valence-electron chi connectivity index (χ2n) is 7.45. The van der Waals surface area contributed by atoms with Gasteiger partial charge in [-0.2, -0.15) is 13.2 Å². The van der Waals surface area contributed by atoms with Crippen LogP contribution in [-0.4, -0.2) is 34.5 Å². The number of methoxy groups -OCH3 is 1. The maximum atomic E-state index is 13.9. The van der Waals surface area contributed by atoms with Crippen LogP contribution in [0.25, 0.3) is 10.5 Å². The van der Waals surface area contributed by atoms with Gasteiger partial charge in [0.25, 0.3) is 0 Å². The summed E-state index contributed by atoms with van der Waals surface area (Å²) in [6, 6.07) is 9.05. The molecule has 35 heavy (non-hydrogen) atoms. The lowest BCUT2D eigenvalue weighted by Crippen LogP contribution is -2.18. The van der Waals surface area contributed by atoms with Crippen molar-refractivity contribution in [3.8, 4) is 11.4 Å². The Bertz CT molecular complexity index is 1320. The number of esters is 1. The van der Waals surface area contributed by atoms with E-state index < -0.39 is 36.6 Å². The van der Waals surface area contributed by atoms with Gasteiger partial charge in [0, 0.05) is 5.56 Å². The first-order chi connectivity index (χ1) is 16.7. The van der Waals surface area contributed by atoms with Crippen LogP contribution in [0.4, 0.5) is 18.9 Å². The number of carbonyl (C=O) groups excluding carboxylic acids is 1. The van der Waals surface area contributed by atoms with Crippen LogP contribution in [0, 0.1) is 6.57 Å². The number of nitrogens with zero attached hydrogens (tertiary/aromatic N) is 4. The fraction of sp³-hybridized carbons (Fsp3) is 0.304. The van der Waals surface area contributed by atoms with E-state index in [1.165, 1.54) is 25.3 Å². The molecule has 3 aromatic rings. The van der Waals surface area contributed by atoms with Gasteiger partial charge in [0.05, 0.1) is 37.4 Å². The summed E-state index contributed by atoms with van der Waals surface area (Å²) >= 11 is 6.56. The summed E-state index contributed by atoms with van der Waals surface area (Å²) in [7, 11) is 1.42. The van der Waals surface area contributed by atoms with E-state index in [9.17, 15) is 18.0 Å². The Balaban J connectivity index is 2.01. The first-order valence-corrected chi connectivity index (χ1v) is 10.7. The highest BCUT2D eigenvalue weighted by Crippen LogP contribution is 2.46. The molecular formula is C23H18ClF3N4O4. The Morgan fingerprint density at radius 2 is 2.03 bits per heavy atom. The van der Waals surface area contributed by atoms with Gasteiger partial charge in [0.15, 0.2) is 11.5 Å². The van der Waals surface area contributed by atoms with Crippen LogP contribution in [0.1, 0.15) is 48.3 Å². The third-order valence-electron chi connectivity index (χ3n) is 5.35. The van der Waals surface area contributed by atoms with Crippen LogP contribution in [0.3, 0.4) is 0 Å². The molecule has 4 rings (SSSR count). The lowest BCUT2D eigenvalue weighted by molar-refractivity contribution is -0.147. The zero-order valence-corrected chi connectivity index (χ0v) is 19.2. The van der Waals surface area contributed by atoms with Crippen LogP contribution in [0.2, 0.25) is 5.02 Å². The van der Waals surface area contributed by atoms with Crippen molar-refractivity contribution in [3.05, 3.63) is 75.6 Å². The van der Waals surface area contributed by atoms with Crippen LogP contribution in [-0.2, 0) is 20.4 Å². The maximum Gasteiger partial charge on any atom is 0.452 e. The first kappa shape index (κ1) is 24.5. The Labute approximate surface area is 203 Å². The van der Waals surface area contributed by atoms with Crippen LogP contribution in [0.5, 0.6) is 5.75 Å². The second-order valence-corrected chi connectivity index (χ2v) is 7.83. The van der Waals surface area contributed by atoms with Crippen molar-refractivity contribution >= 4 is 23.3 Å². The normalized spacial score (nSPS) is 17.1. The molecule has 2 aromatic carbocycles. The summed E-state index contributed by atoms with van der Waals surface area (Å²) in [5, 5.41) is 7.26. The Kier molecular flexibility index (Phi) is 6.69. The maximum absolute atomic E-state index is 13.9. The fourth-order valence-electron chi connectivity index (χ4n) is 3.89. The second kappa shape index (κ2) is 9.56. The van der Waals surface area contributed by atoms with Gasteiger partial charge in [-0.25, -0.2) is 4.85 Å². The lowest BCUT2D eigenvalue weighted by atomic mass is 9.98. The third kappa shape index (κ3) is 4.54. The smallest absolute Gasteiger partial charge is 0.452 e. The molecule has 0 saturated heterocycles. The molecule has 2 atom stereocenters. The molecule has 0 N–H and O–H groups in total. The quantitative estimate of drug-likeness (QED) is 0.330. The fourth-order valence-corrected chi connectivity index (χ4v) is 4.19. The van der Waals surface area contributed by atoms with E-state index in [4.69, 9.17) is 32.4 Å². The van der Waals surface area contributed by atoms with Gasteiger partial charge < -0.3 is 14.2 Å². The van der Waals surface area contributed by atoms with Crippen LogP contribution < -0.4 is 4.74 Å². The predicted molar refractivity (Wildman–Crippen MR) is 118 cm³/mol. The SMILES string of the molecule is [C-]#[N+]c1ccc2c(c1)[C@@H](c1cccc(OC)c1Cl)O[C@H](CC(=O)OCC)c1nnc(C(F)(F)F)n1-2. The summed E-state index contributed by atoms with van der Waals surface area (Å²) in [5.41, 5.74) is 0.797.